The Hall–Kier alpha value is -2.66. The van der Waals surface area contributed by atoms with Gasteiger partial charge in [-0.15, -0.1) is 0 Å². The zero-order chi connectivity index (χ0) is 15.7. The zero-order valence-corrected chi connectivity index (χ0v) is 12.3. The first-order valence-corrected chi connectivity index (χ1v) is 6.78. The van der Waals surface area contributed by atoms with E-state index in [4.69, 9.17) is 20.8 Å². The lowest BCUT2D eigenvalue weighted by atomic mass is 10.1. The highest BCUT2D eigenvalue weighted by atomic mass is 35.5. The lowest BCUT2D eigenvalue weighted by molar-refractivity contribution is 0.0733. The average molecular weight is 316 g/mol. The smallest absolute Gasteiger partial charge is 0.345 e. The molecule has 0 unspecified atom stereocenters. The number of nitrogens with zero attached hydrogens (tertiary/aromatic N) is 1. The number of carbonyl (C=O) groups is 1. The number of hydrogen-bond donors (Lipinski definition) is 0. The highest BCUT2D eigenvalue weighted by Gasteiger charge is 2.15. The van der Waals surface area contributed by atoms with Gasteiger partial charge in [0, 0.05) is 18.0 Å². The van der Waals surface area contributed by atoms with Crippen LogP contribution in [0.25, 0.3) is 11.0 Å². The van der Waals surface area contributed by atoms with Crippen molar-refractivity contribution in [3.05, 3.63) is 69.3 Å². The maximum absolute atomic E-state index is 12.0. The minimum atomic E-state index is -0.535. The fourth-order valence-electron chi connectivity index (χ4n) is 2.05. The summed E-state index contributed by atoms with van der Waals surface area (Å²) in [4.78, 5) is 27.8. The summed E-state index contributed by atoms with van der Waals surface area (Å²) in [5.74, 6) is -0.223. The van der Waals surface area contributed by atoms with Gasteiger partial charge in [0.05, 0.1) is 10.9 Å². The number of halogens is 1. The Kier molecular flexibility index (Phi) is 3.65. The topological polar surface area (TPSA) is 69.4 Å². The van der Waals surface area contributed by atoms with Gasteiger partial charge < -0.3 is 9.15 Å². The Morgan fingerprint density at radius 2 is 2.14 bits per heavy atom. The Bertz CT molecular complexity index is 919. The molecule has 5 nitrogen and oxygen atoms in total. The number of ether oxygens (including phenoxy) is 1. The molecular formula is C16H10ClNO4. The van der Waals surface area contributed by atoms with Crippen molar-refractivity contribution in [2.75, 3.05) is 0 Å². The number of aryl methyl sites for hydroxylation is 1. The largest absolute Gasteiger partial charge is 0.462 e. The molecule has 0 aliphatic heterocycles. The fourth-order valence-corrected chi connectivity index (χ4v) is 2.20. The van der Waals surface area contributed by atoms with Gasteiger partial charge in [0.2, 0.25) is 5.43 Å². The van der Waals surface area contributed by atoms with Crippen LogP contribution in [-0.2, 0) is 0 Å². The first-order valence-electron chi connectivity index (χ1n) is 6.41. The average Bonchev–Trinajstić information content (AvgIpc) is 2.54. The first-order chi connectivity index (χ1) is 10.6. The first kappa shape index (κ1) is 14.3. The molecule has 6 heteroatoms. The van der Waals surface area contributed by atoms with Crippen molar-refractivity contribution < 1.29 is 13.9 Å². The van der Waals surface area contributed by atoms with Crippen molar-refractivity contribution in [1.82, 2.24) is 4.98 Å². The predicted molar refractivity (Wildman–Crippen MR) is 81.4 cm³/mol. The molecule has 0 N–H and O–H groups in total. The molecule has 0 radical (unpaired) electrons. The number of rotatable bonds is 2. The van der Waals surface area contributed by atoms with E-state index in [-0.39, 0.29) is 10.5 Å². The molecule has 0 bridgehead atoms. The number of carbonyl (C=O) groups excluding carboxylic acids is 1. The van der Waals surface area contributed by atoms with Gasteiger partial charge in [-0.25, -0.2) is 4.79 Å². The van der Waals surface area contributed by atoms with Crippen LogP contribution in [0.3, 0.4) is 0 Å². The van der Waals surface area contributed by atoms with Crippen LogP contribution in [-0.4, -0.2) is 11.0 Å². The SMILES string of the molecule is Cc1c(OC(=O)c2cccnc2)ccc2c(=O)c(Cl)coc12. The molecule has 110 valence electrons. The van der Waals surface area contributed by atoms with E-state index in [0.717, 1.165) is 0 Å². The molecule has 22 heavy (non-hydrogen) atoms. The fraction of sp³-hybridized carbons (Fsp3) is 0.0625. The maximum atomic E-state index is 12.0. The number of aromatic nitrogens is 1. The minimum absolute atomic E-state index is 0.00649. The third-order valence-corrected chi connectivity index (χ3v) is 3.46. The Morgan fingerprint density at radius 3 is 2.86 bits per heavy atom. The van der Waals surface area contributed by atoms with Crippen molar-refractivity contribution >= 4 is 28.5 Å². The number of esters is 1. The molecular weight excluding hydrogens is 306 g/mol. The van der Waals surface area contributed by atoms with Crippen LogP contribution in [0.5, 0.6) is 5.75 Å². The summed E-state index contributed by atoms with van der Waals surface area (Å²) in [5, 5.41) is 0.346. The molecule has 0 spiro atoms. The monoisotopic (exact) mass is 315 g/mol. The highest BCUT2D eigenvalue weighted by molar-refractivity contribution is 6.30. The van der Waals surface area contributed by atoms with Crippen molar-refractivity contribution in [2.24, 2.45) is 0 Å². The zero-order valence-electron chi connectivity index (χ0n) is 11.5. The van der Waals surface area contributed by atoms with Gasteiger partial charge in [-0.2, -0.15) is 0 Å². The summed E-state index contributed by atoms with van der Waals surface area (Å²) in [6.07, 6.45) is 4.15. The van der Waals surface area contributed by atoms with Crippen LogP contribution in [0.2, 0.25) is 5.02 Å². The molecule has 0 amide bonds. The normalized spacial score (nSPS) is 10.6. The summed E-state index contributed by atoms with van der Waals surface area (Å²) in [6, 6.07) is 6.31. The second kappa shape index (κ2) is 5.61. The Balaban J connectivity index is 2.02. The highest BCUT2D eigenvalue weighted by Crippen LogP contribution is 2.27. The Labute approximate surface area is 130 Å². The second-order valence-corrected chi connectivity index (χ2v) is 5.02. The maximum Gasteiger partial charge on any atom is 0.345 e. The molecule has 0 saturated heterocycles. The van der Waals surface area contributed by atoms with Crippen LogP contribution in [0.1, 0.15) is 15.9 Å². The molecule has 0 saturated carbocycles. The molecule has 0 aliphatic carbocycles. The number of pyridine rings is 1. The molecule has 2 heterocycles. The van der Waals surface area contributed by atoms with Gasteiger partial charge in [0.1, 0.15) is 22.6 Å². The summed E-state index contributed by atoms with van der Waals surface area (Å²) in [5.41, 5.74) is 0.894. The van der Waals surface area contributed by atoms with E-state index in [1.165, 1.54) is 18.5 Å². The Morgan fingerprint density at radius 1 is 1.32 bits per heavy atom. The molecule has 0 atom stereocenters. The summed E-state index contributed by atoms with van der Waals surface area (Å²) in [7, 11) is 0. The predicted octanol–water partition coefficient (Wildman–Crippen LogP) is 3.37. The minimum Gasteiger partial charge on any atom is -0.462 e. The van der Waals surface area contributed by atoms with Gasteiger partial charge in [0.15, 0.2) is 0 Å². The molecule has 0 aliphatic rings. The number of hydrogen-bond acceptors (Lipinski definition) is 5. The lowest BCUT2D eigenvalue weighted by Gasteiger charge is -2.09. The van der Waals surface area contributed by atoms with Crippen molar-refractivity contribution in [2.45, 2.75) is 6.92 Å². The van der Waals surface area contributed by atoms with Gasteiger partial charge in [-0.3, -0.25) is 9.78 Å². The van der Waals surface area contributed by atoms with Crippen molar-refractivity contribution in [3.8, 4) is 5.75 Å². The van der Waals surface area contributed by atoms with Crippen LogP contribution >= 0.6 is 11.6 Å². The quantitative estimate of drug-likeness (QED) is 0.535. The summed E-state index contributed by atoms with van der Waals surface area (Å²) >= 11 is 5.75. The van der Waals surface area contributed by atoms with E-state index in [0.29, 0.717) is 27.8 Å². The second-order valence-electron chi connectivity index (χ2n) is 4.61. The van der Waals surface area contributed by atoms with Gasteiger partial charge in [0.25, 0.3) is 0 Å². The van der Waals surface area contributed by atoms with Gasteiger partial charge in [-0.05, 0) is 31.2 Å². The van der Waals surface area contributed by atoms with Crippen molar-refractivity contribution in [1.29, 1.82) is 0 Å². The van der Waals surface area contributed by atoms with Gasteiger partial charge in [-0.1, -0.05) is 11.6 Å². The van der Waals surface area contributed by atoms with Gasteiger partial charge >= 0.3 is 5.97 Å². The summed E-state index contributed by atoms with van der Waals surface area (Å²) < 4.78 is 10.7. The van der Waals surface area contributed by atoms with E-state index in [1.807, 2.05) is 0 Å². The van der Waals surface area contributed by atoms with E-state index in [1.54, 1.807) is 31.3 Å². The number of fused-ring (bicyclic) bond motifs is 1. The third kappa shape index (κ3) is 2.46. The third-order valence-electron chi connectivity index (χ3n) is 3.20. The lowest BCUT2D eigenvalue weighted by Crippen LogP contribution is -2.10. The van der Waals surface area contributed by atoms with Crippen LogP contribution in [0.4, 0.5) is 0 Å². The van der Waals surface area contributed by atoms with E-state index < -0.39 is 5.97 Å². The van der Waals surface area contributed by atoms with Crippen molar-refractivity contribution in [3.63, 3.8) is 0 Å². The molecule has 2 aromatic heterocycles. The van der Waals surface area contributed by atoms with Crippen LogP contribution in [0, 0.1) is 6.92 Å². The molecule has 1 aromatic carbocycles. The van der Waals surface area contributed by atoms with E-state index in [9.17, 15) is 9.59 Å². The van der Waals surface area contributed by atoms with Crippen LogP contribution < -0.4 is 10.2 Å². The molecule has 0 fully saturated rings. The molecule has 3 rings (SSSR count). The standard InChI is InChI=1S/C16H10ClNO4/c1-9-13(22-16(20)10-3-2-6-18-7-10)5-4-11-14(19)12(17)8-21-15(9)11/h2-8H,1H3. The van der Waals surface area contributed by atoms with E-state index in [2.05, 4.69) is 4.98 Å². The van der Waals surface area contributed by atoms with Crippen LogP contribution in [0.15, 0.2) is 52.1 Å². The summed E-state index contributed by atoms with van der Waals surface area (Å²) in [6.45, 7) is 1.70. The number of benzene rings is 1. The van der Waals surface area contributed by atoms with E-state index >= 15 is 0 Å². The molecule has 3 aromatic rings.